The number of amides is 2. The number of pyridine rings is 1. The van der Waals surface area contributed by atoms with E-state index in [0.29, 0.717) is 22.1 Å². The van der Waals surface area contributed by atoms with Crippen molar-refractivity contribution in [3.63, 3.8) is 0 Å². The van der Waals surface area contributed by atoms with Gasteiger partial charge in [-0.3, -0.25) is 9.59 Å². The number of methoxy groups -OCH3 is 1. The van der Waals surface area contributed by atoms with E-state index in [1.807, 2.05) is 0 Å². The van der Waals surface area contributed by atoms with Gasteiger partial charge in [-0.25, -0.2) is 9.78 Å². The Morgan fingerprint density at radius 2 is 1.94 bits per heavy atom. The molecule has 1 saturated heterocycles. The fourth-order valence-corrected chi connectivity index (χ4v) is 3.26. The predicted octanol–water partition coefficient (Wildman–Crippen LogP) is 3.11. The summed E-state index contributed by atoms with van der Waals surface area (Å²) >= 11 is 5.84. The van der Waals surface area contributed by atoms with Crippen LogP contribution in [0.25, 0.3) is 6.08 Å². The Labute approximate surface area is 185 Å². The number of nitrogens with one attached hydrogen (secondary N) is 3. The van der Waals surface area contributed by atoms with E-state index in [1.54, 1.807) is 30.3 Å². The second kappa shape index (κ2) is 10.7. The molecule has 0 bridgehead atoms. The quantitative estimate of drug-likeness (QED) is 0.468. The van der Waals surface area contributed by atoms with Crippen molar-refractivity contribution < 1.29 is 19.1 Å². The first kappa shape index (κ1) is 22.5. The van der Waals surface area contributed by atoms with Crippen LogP contribution in [0.5, 0.6) is 0 Å². The summed E-state index contributed by atoms with van der Waals surface area (Å²) in [6, 6.07) is 8.12. The smallest absolute Gasteiger partial charge is 0.330 e. The number of halogens is 1. The zero-order chi connectivity index (χ0) is 22.2. The summed E-state index contributed by atoms with van der Waals surface area (Å²) in [6.45, 7) is 1.57. The Balaban J connectivity index is 1.86. The van der Waals surface area contributed by atoms with Gasteiger partial charge >= 0.3 is 5.97 Å². The minimum atomic E-state index is -0.514. The van der Waals surface area contributed by atoms with Crippen LogP contribution in [0.4, 0.5) is 11.5 Å². The molecule has 9 heteroatoms. The molecular formula is C22H23ClN4O4. The first-order valence-corrected chi connectivity index (χ1v) is 10.2. The Kier molecular flexibility index (Phi) is 7.75. The summed E-state index contributed by atoms with van der Waals surface area (Å²) in [5, 5.41) is 9.24. The van der Waals surface area contributed by atoms with Crippen molar-refractivity contribution in [2.24, 2.45) is 5.92 Å². The summed E-state index contributed by atoms with van der Waals surface area (Å²) in [7, 11) is 1.28. The van der Waals surface area contributed by atoms with E-state index in [-0.39, 0.29) is 17.4 Å². The number of nitrogens with zero attached hydrogens (tertiary/aromatic N) is 1. The Morgan fingerprint density at radius 3 is 2.61 bits per heavy atom. The standard InChI is InChI=1S/C22H23ClN4O4/c1-31-20(28)7-3-14-2-5-18(26-21(29)15-8-10-24-11-9-15)17(12-14)22(30)27-19-6-4-16(23)13-25-19/h2-7,12-13,15,24H,8-11H2,1H3,(H,26,29)(H,25,27,30)/b7-3+. The molecule has 1 aliphatic rings. The van der Waals surface area contributed by atoms with Gasteiger partial charge in [0, 0.05) is 18.2 Å². The summed E-state index contributed by atoms with van der Waals surface area (Å²) < 4.78 is 4.60. The van der Waals surface area contributed by atoms with E-state index in [4.69, 9.17) is 11.6 Å². The fraction of sp³-hybridized carbons (Fsp3) is 0.273. The van der Waals surface area contributed by atoms with E-state index in [2.05, 4.69) is 25.7 Å². The monoisotopic (exact) mass is 442 g/mol. The minimum absolute atomic E-state index is 0.117. The lowest BCUT2D eigenvalue weighted by Crippen LogP contribution is -2.35. The zero-order valence-corrected chi connectivity index (χ0v) is 17.7. The molecule has 2 heterocycles. The molecule has 0 radical (unpaired) electrons. The van der Waals surface area contributed by atoms with Crippen molar-refractivity contribution in [2.75, 3.05) is 30.8 Å². The number of anilines is 2. The van der Waals surface area contributed by atoms with Crippen LogP contribution in [0.2, 0.25) is 5.02 Å². The number of aromatic nitrogens is 1. The van der Waals surface area contributed by atoms with E-state index in [9.17, 15) is 14.4 Å². The Hall–Kier alpha value is -3.23. The third kappa shape index (κ3) is 6.37. The fourth-order valence-electron chi connectivity index (χ4n) is 3.15. The highest BCUT2D eigenvalue weighted by Gasteiger charge is 2.23. The van der Waals surface area contributed by atoms with Crippen molar-refractivity contribution in [1.29, 1.82) is 0 Å². The van der Waals surface area contributed by atoms with Crippen molar-refractivity contribution in [1.82, 2.24) is 10.3 Å². The number of carbonyl (C=O) groups excluding carboxylic acids is 3. The number of piperidine rings is 1. The number of ether oxygens (including phenoxy) is 1. The van der Waals surface area contributed by atoms with Gasteiger partial charge in [-0.1, -0.05) is 17.7 Å². The summed E-state index contributed by atoms with van der Waals surface area (Å²) in [6.07, 6.45) is 5.68. The van der Waals surface area contributed by atoms with E-state index >= 15 is 0 Å². The highest BCUT2D eigenvalue weighted by molar-refractivity contribution is 6.30. The maximum atomic E-state index is 13.0. The first-order valence-electron chi connectivity index (χ1n) is 9.81. The van der Waals surface area contributed by atoms with Crippen LogP contribution in [0, 0.1) is 5.92 Å². The van der Waals surface area contributed by atoms with Crippen LogP contribution < -0.4 is 16.0 Å². The van der Waals surface area contributed by atoms with Crippen LogP contribution in [0.1, 0.15) is 28.8 Å². The molecule has 162 valence electrons. The highest BCUT2D eigenvalue weighted by atomic mass is 35.5. The second-order valence-electron chi connectivity index (χ2n) is 6.99. The van der Waals surface area contributed by atoms with E-state index < -0.39 is 11.9 Å². The second-order valence-corrected chi connectivity index (χ2v) is 7.43. The lowest BCUT2D eigenvalue weighted by Gasteiger charge is -2.22. The van der Waals surface area contributed by atoms with Gasteiger partial charge in [0.05, 0.1) is 23.4 Å². The number of carbonyl (C=O) groups is 3. The molecule has 1 fully saturated rings. The van der Waals surface area contributed by atoms with Crippen LogP contribution in [-0.2, 0) is 14.3 Å². The molecule has 0 saturated carbocycles. The average Bonchev–Trinajstić information content (AvgIpc) is 2.80. The van der Waals surface area contributed by atoms with E-state index in [1.165, 1.54) is 25.5 Å². The number of hydrogen-bond donors (Lipinski definition) is 3. The first-order chi connectivity index (χ1) is 15.0. The molecule has 0 atom stereocenters. The Morgan fingerprint density at radius 1 is 1.16 bits per heavy atom. The predicted molar refractivity (Wildman–Crippen MR) is 119 cm³/mol. The van der Waals surface area contributed by atoms with Crippen molar-refractivity contribution in [3.8, 4) is 0 Å². The topological polar surface area (TPSA) is 109 Å². The zero-order valence-electron chi connectivity index (χ0n) is 17.0. The molecule has 3 N–H and O–H groups in total. The van der Waals surface area contributed by atoms with Crippen LogP contribution in [0.3, 0.4) is 0 Å². The normalized spacial score (nSPS) is 14.3. The molecule has 1 aromatic carbocycles. The third-order valence-electron chi connectivity index (χ3n) is 4.84. The van der Waals surface area contributed by atoms with Gasteiger partial charge in [0.1, 0.15) is 5.82 Å². The molecule has 0 spiro atoms. The van der Waals surface area contributed by atoms with Crippen LogP contribution in [0.15, 0.2) is 42.6 Å². The summed E-state index contributed by atoms with van der Waals surface area (Å²) in [5.41, 5.74) is 1.22. The maximum Gasteiger partial charge on any atom is 0.330 e. The number of rotatable bonds is 6. The van der Waals surface area contributed by atoms with Gasteiger partial charge in [0.15, 0.2) is 0 Å². The Bertz CT molecular complexity index is 986. The SMILES string of the molecule is COC(=O)/C=C/c1ccc(NC(=O)C2CCNCC2)c(C(=O)Nc2ccc(Cl)cn2)c1. The summed E-state index contributed by atoms with van der Waals surface area (Å²) in [5.74, 6) is -0.893. The largest absolute Gasteiger partial charge is 0.466 e. The maximum absolute atomic E-state index is 13.0. The van der Waals surface area contributed by atoms with Crippen LogP contribution in [-0.4, -0.2) is 43.0 Å². The molecular weight excluding hydrogens is 420 g/mol. The van der Waals surface area contributed by atoms with Crippen molar-refractivity contribution in [2.45, 2.75) is 12.8 Å². The van der Waals surface area contributed by atoms with Crippen molar-refractivity contribution >= 4 is 47.0 Å². The van der Waals surface area contributed by atoms with Gasteiger partial charge in [-0.2, -0.15) is 0 Å². The molecule has 0 unspecified atom stereocenters. The molecule has 31 heavy (non-hydrogen) atoms. The minimum Gasteiger partial charge on any atom is -0.466 e. The van der Waals surface area contributed by atoms with Crippen molar-refractivity contribution in [3.05, 3.63) is 58.8 Å². The number of hydrogen-bond acceptors (Lipinski definition) is 6. The van der Waals surface area contributed by atoms with Gasteiger partial charge in [-0.15, -0.1) is 0 Å². The third-order valence-corrected chi connectivity index (χ3v) is 5.06. The van der Waals surface area contributed by atoms with E-state index in [0.717, 1.165) is 25.9 Å². The highest BCUT2D eigenvalue weighted by Crippen LogP contribution is 2.23. The molecule has 2 aromatic rings. The molecule has 2 amide bonds. The molecule has 3 rings (SSSR count). The van der Waals surface area contributed by atoms with Gasteiger partial charge in [0.25, 0.3) is 5.91 Å². The number of esters is 1. The van der Waals surface area contributed by atoms with Gasteiger partial charge in [0.2, 0.25) is 5.91 Å². The average molecular weight is 443 g/mol. The number of benzene rings is 1. The molecule has 1 aliphatic heterocycles. The lowest BCUT2D eigenvalue weighted by molar-refractivity contribution is -0.134. The summed E-state index contributed by atoms with van der Waals surface area (Å²) in [4.78, 5) is 41.1. The molecule has 1 aromatic heterocycles. The lowest BCUT2D eigenvalue weighted by atomic mass is 9.97. The molecule has 0 aliphatic carbocycles. The van der Waals surface area contributed by atoms with Crippen LogP contribution >= 0.6 is 11.6 Å². The van der Waals surface area contributed by atoms with Gasteiger partial charge in [-0.05, 0) is 61.8 Å². The molecule has 8 nitrogen and oxygen atoms in total. The van der Waals surface area contributed by atoms with Gasteiger partial charge < -0.3 is 20.7 Å².